The van der Waals surface area contributed by atoms with Gasteiger partial charge in [0.25, 0.3) is 0 Å². The van der Waals surface area contributed by atoms with E-state index in [1.54, 1.807) is 19.1 Å². The molecular formula is C18H19BIO6P. The lowest BCUT2D eigenvalue weighted by Gasteiger charge is -2.17. The van der Waals surface area contributed by atoms with Gasteiger partial charge in [-0.2, -0.15) is 0 Å². The highest BCUT2D eigenvalue weighted by Crippen LogP contribution is 2.39. The third-order valence-electron chi connectivity index (χ3n) is 4.08. The molecule has 0 saturated heterocycles. The molecule has 6 nitrogen and oxygen atoms in total. The summed E-state index contributed by atoms with van der Waals surface area (Å²) in [5.41, 5.74) is 2.23. The fourth-order valence-corrected chi connectivity index (χ4v) is 3.92. The second-order valence-electron chi connectivity index (χ2n) is 5.86. The molecule has 1 N–H and O–H groups in total. The molecule has 0 bridgehead atoms. The Morgan fingerprint density at radius 2 is 2.11 bits per heavy atom. The number of ether oxygens (including phenoxy) is 2. The van der Waals surface area contributed by atoms with Crippen LogP contribution in [0.3, 0.4) is 0 Å². The number of halogens is 1. The summed E-state index contributed by atoms with van der Waals surface area (Å²) in [6, 6.07) is 13.3. The van der Waals surface area contributed by atoms with Crippen LogP contribution in [0.15, 0.2) is 42.5 Å². The Morgan fingerprint density at radius 3 is 2.81 bits per heavy atom. The molecule has 1 aliphatic heterocycles. The maximum atomic E-state index is 11.9. The first kappa shape index (κ1) is 20.4. The first-order valence-corrected chi connectivity index (χ1v) is 12.5. The minimum Gasteiger partial charge on any atom is -0.488 e. The lowest BCUT2D eigenvalue weighted by Crippen LogP contribution is -2.28. The molecule has 0 amide bonds. The Kier molecular flexibility index (Phi) is 7.35. The average molecular weight is 500 g/mol. The van der Waals surface area contributed by atoms with Crippen LogP contribution in [-0.4, -0.2) is 24.7 Å². The highest BCUT2D eigenvalue weighted by molar-refractivity contribution is 14.2. The number of esters is 1. The van der Waals surface area contributed by atoms with Gasteiger partial charge in [-0.15, -0.1) is 0 Å². The molecule has 142 valence electrons. The van der Waals surface area contributed by atoms with E-state index in [-0.39, 0.29) is 18.8 Å². The van der Waals surface area contributed by atoms with Gasteiger partial charge in [-0.3, -0.25) is 4.79 Å². The van der Waals surface area contributed by atoms with Crippen LogP contribution in [0.5, 0.6) is 11.5 Å². The van der Waals surface area contributed by atoms with Crippen molar-refractivity contribution < 1.29 is 28.5 Å². The van der Waals surface area contributed by atoms with Gasteiger partial charge in [-0.1, -0.05) is 30.3 Å². The van der Waals surface area contributed by atoms with Crippen molar-refractivity contribution in [2.75, 3.05) is 6.61 Å². The van der Waals surface area contributed by atoms with Crippen LogP contribution in [0, 0.1) is 0 Å². The van der Waals surface area contributed by atoms with Gasteiger partial charge >= 0.3 is 13.1 Å². The Morgan fingerprint density at radius 1 is 1.33 bits per heavy atom. The lowest BCUT2D eigenvalue weighted by atomic mass is 9.78. The van der Waals surface area contributed by atoms with Gasteiger partial charge in [0.2, 0.25) is 0 Å². The van der Waals surface area contributed by atoms with E-state index < -0.39 is 13.2 Å². The zero-order valence-corrected chi connectivity index (χ0v) is 17.8. The first-order valence-electron chi connectivity index (χ1n) is 8.48. The molecule has 2 aromatic carbocycles. The van der Waals surface area contributed by atoms with Crippen LogP contribution in [-0.2, 0) is 20.8 Å². The summed E-state index contributed by atoms with van der Waals surface area (Å²) in [5, 5.41) is 10.3. The highest BCUT2D eigenvalue weighted by Gasteiger charge is 2.39. The molecule has 0 radical (unpaired) electrons. The van der Waals surface area contributed by atoms with E-state index in [0.717, 1.165) is 5.56 Å². The molecule has 0 spiro atoms. The fourth-order valence-electron chi connectivity index (χ4n) is 2.95. The number of carbonyl (C=O) groups is 1. The molecule has 2 aromatic rings. The molecule has 2 unspecified atom stereocenters. The van der Waals surface area contributed by atoms with E-state index in [1.165, 1.54) is 0 Å². The largest absolute Gasteiger partial charge is 0.492 e. The predicted octanol–water partition coefficient (Wildman–Crippen LogP) is 3.30. The zero-order valence-electron chi connectivity index (χ0n) is 14.7. The summed E-state index contributed by atoms with van der Waals surface area (Å²) in [4.78, 5) is 11.9. The molecule has 0 aromatic heterocycles. The Hall–Kier alpha value is -1.35. The second kappa shape index (κ2) is 9.73. The molecule has 0 aliphatic carbocycles. The van der Waals surface area contributed by atoms with Gasteiger partial charge in [-0.25, -0.2) is 0 Å². The summed E-state index contributed by atoms with van der Waals surface area (Å²) >= 11 is 2.13. The van der Waals surface area contributed by atoms with Crippen molar-refractivity contribution in [3.05, 3.63) is 53.6 Å². The van der Waals surface area contributed by atoms with Gasteiger partial charge in [0.1, 0.15) is 24.6 Å². The number of rotatable bonds is 8. The quantitative estimate of drug-likeness (QED) is 0.260. The number of hydrogen-bond acceptors (Lipinski definition) is 6. The summed E-state index contributed by atoms with van der Waals surface area (Å²) in [7, 11) is -1.14. The van der Waals surface area contributed by atoms with E-state index in [4.69, 9.17) is 18.7 Å². The molecule has 2 atom stereocenters. The average Bonchev–Trinajstić information content (AvgIpc) is 2.97. The van der Waals surface area contributed by atoms with Gasteiger partial charge < -0.3 is 23.7 Å². The standard InChI is InChI=1S/C18H19BIO6P/c1-2-23-17(21)10-16-18-14(19(22)25-16)8-13(26-27-20)9-15(18)24-11-12-6-4-3-5-7-12/h3-9,16,22,27H,2,10-11H2,1H3. The monoisotopic (exact) mass is 500 g/mol. The summed E-state index contributed by atoms with van der Waals surface area (Å²) < 4.78 is 22.2. The van der Waals surface area contributed by atoms with Gasteiger partial charge in [0, 0.05) is 11.6 Å². The molecule has 9 heteroatoms. The molecule has 27 heavy (non-hydrogen) atoms. The third-order valence-corrected chi connectivity index (χ3v) is 5.05. The fraction of sp³-hybridized carbons (Fsp3) is 0.278. The van der Waals surface area contributed by atoms with Crippen LogP contribution in [0.25, 0.3) is 0 Å². The maximum absolute atomic E-state index is 11.9. The van der Waals surface area contributed by atoms with Crippen molar-refractivity contribution in [2.45, 2.75) is 26.1 Å². The van der Waals surface area contributed by atoms with Crippen molar-refractivity contribution in [1.82, 2.24) is 0 Å². The zero-order chi connectivity index (χ0) is 19.2. The molecule has 3 rings (SSSR count). The first-order chi connectivity index (χ1) is 13.1. The van der Waals surface area contributed by atoms with Crippen LogP contribution in [0.1, 0.15) is 30.6 Å². The van der Waals surface area contributed by atoms with Gasteiger partial charge in [0.15, 0.2) is 0 Å². The van der Waals surface area contributed by atoms with Gasteiger partial charge in [0.05, 0.1) is 19.1 Å². The minimum atomic E-state index is -1.14. The van der Waals surface area contributed by atoms with E-state index in [9.17, 15) is 9.82 Å². The molecular weight excluding hydrogens is 481 g/mol. The van der Waals surface area contributed by atoms with Gasteiger partial charge in [-0.05, 0) is 46.1 Å². The van der Waals surface area contributed by atoms with E-state index >= 15 is 0 Å². The minimum absolute atomic E-state index is 0.00777. The third kappa shape index (κ3) is 5.13. The highest BCUT2D eigenvalue weighted by atomic mass is 127. The van der Waals surface area contributed by atoms with E-state index in [2.05, 4.69) is 22.0 Å². The number of fused-ring (bicyclic) bond motifs is 1. The summed E-state index contributed by atoms with van der Waals surface area (Å²) in [6.45, 7) is 2.62. The van der Waals surface area contributed by atoms with Crippen molar-refractivity contribution in [3.8, 4) is 11.5 Å². The second-order valence-corrected chi connectivity index (χ2v) is 7.54. The Balaban J connectivity index is 1.90. The van der Waals surface area contributed by atoms with Crippen LogP contribution in [0.2, 0.25) is 0 Å². The predicted molar refractivity (Wildman–Crippen MR) is 113 cm³/mol. The summed E-state index contributed by atoms with van der Waals surface area (Å²) in [5.74, 6) is 0.737. The smallest absolute Gasteiger partial charge is 0.488 e. The molecule has 0 fully saturated rings. The van der Waals surface area contributed by atoms with E-state index in [1.807, 2.05) is 30.3 Å². The molecule has 1 aliphatic rings. The normalized spacial score (nSPS) is 15.8. The van der Waals surface area contributed by atoms with Crippen molar-refractivity contribution in [1.29, 1.82) is 0 Å². The van der Waals surface area contributed by atoms with Crippen molar-refractivity contribution in [3.63, 3.8) is 0 Å². The lowest BCUT2D eigenvalue weighted by molar-refractivity contribution is -0.145. The van der Waals surface area contributed by atoms with Crippen molar-refractivity contribution >= 4 is 47.0 Å². The summed E-state index contributed by atoms with van der Waals surface area (Å²) in [6.07, 6.45) is -0.621. The number of benzene rings is 2. The molecule has 1 heterocycles. The number of carbonyl (C=O) groups excluding carboxylic acids is 1. The van der Waals surface area contributed by atoms with Crippen LogP contribution in [0.4, 0.5) is 0 Å². The maximum Gasteiger partial charge on any atom is 0.492 e. The Bertz CT molecular complexity index is 791. The van der Waals surface area contributed by atoms with E-state index in [0.29, 0.717) is 35.7 Å². The Labute approximate surface area is 173 Å². The van der Waals surface area contributed by atoms with Crippen LogP contribution < -0.4 is 14.7 Å². The SMILES string of the molecule is CCOC(=O)CC1OB(O)c2cc(OPI)cc(OCc3ccccc3)c21. The molecule has 0 saturated carbocycles. The van der Waals surface area contributed by atoms with Crippen LogP contribution >= 0.6 is 28.5 Å². The number of hydrogen-bond donors (Lipinski definition) is 1. The van der Waals surface area contributed by atoms with Crippen molar-refractivity contribution in [2.24, 2.45) is 0 Å². The topological polar surface area (TPSA) is 74.2 Å².